The standard InChI is InChI=1S/C22H33NO2/c1-21-10-8-16(24)12-15(21)4-6-17-18-7-5-14(9-11-23)22(18,2)13-19(25-3)20(17)21/h9,15-20,24H,4-8,10,12-13H2,1-3H3/b14-9-/t15-,16-,17+,18+,19+,20-,21+,22-/m1/s1. The first kappa shape index (κ1) is 17.6. The minimum Gasteiger partial charge on any atom is -0.393 e. The summed E-state index contributed by atoms with van der Waals surface area (Å²) >= 11 is 0. The van der Waals surface area contributed by atoms with Crippen molar-refractivity contribution in [3.63, 3.8) is 0 Å². The Morgan fingerprint density at radius 1 is 1.24 bits per heavy atom. The molecule has 4 aliphatic rings. The number of hydrogen-bond donors (Lipinski definition) is 1. The fourth-order valence-electron chi connectivity index (χ4n) is 7.71. The summed E-state index contributed by atoms with van der Waals surface area (Å²) in [7, 11) is 1.89. The number of fused-ring (bicyclic) bond motifs is 5. The number of rotatable bonds is 1. The molecule has 0 unspecified atom stereocenters. The second kappa shape index (κ2) is 6.10. The number of ether oxygens (including phenoxy) is 1. The van der Waals surface area contributed by atoms with Gasteiger partial charge >= 0.3 is 0 Å². The first-order valence-corrected chi connectivity index (χ1v) is 10.2. The van der Waals surface area contributed by atoms with E-state index < -0.39 is 0 Å². The van der Waals surface area contributed by atoms with Crippen LogP contribution in [0.25, 0.3) is 0 Å². The lowest BCUT2D eigenvalue weighted by atomic mass is 9.44. The van der Waals surface area contributed by atoms with Gasteiger partial charge in [0.05, 0.1) is 18.3 Å². The SMILES string of the molecule is CO[C@H]1C[C@]2(C)/C(=C\C#N)CC[C@H]2[C@@H]2CC[C@@H]3C[C@H](O)CC[C@]3(C)[C@H]21. The Labute approximate surface area is 152 Å². The van der Waals surface area contributed by atoms with Crippen LogP contribution in [-0.2, 0) is 4.74 Å². The van der Waals surface area contributed by atoms with Crippen LogP contribution in [0.15, 0.2) is 11.6 Å². The maximum atomic E-state index is 10.2. The molecular weight excluding hydrogens is 310 g/mol. The van der Waals surface area contributed by atoms with Crippen molar-refractivity contribution in [2.45, 2.75) is 77.4 Å². The molecule has 0 aromatic carbocycles. The van der Waals surface area contributed by atoms with E-state index in [4.69, 9.17) is 4.74 Å². The normalized spacial score (nSPS) is 53.6. The molecule has 0 saturated heterocycles. The van der Waals surface area contributed by atoms with E-state index in [0.717, 1.165) is 32.1 Å². The fraction of sp³-hybridized carbons (Fsp3) is 0.864. The van der Waals surface area contributed by atoms with Gasteiger partial charge in [0.1, 0.15) is 0 Å². The van der Waals surface area contributed by atoms with E-state index in [1.54, 1.807) is 0 Å². The zero-order chi connectivity index (χ0) is 17.8. The zero-order valence-corrected chi connectivity index (χ0v) is 16.0. The predicted molar refractivity (Wildman–Crippen MR) is 97.6 cm³/mol. The molecule has 138 valence electrons. The molecule has 3 heteroatoms. The van der Waals surface area contributed by atoms with Crippen molar-refractivity contribution >= 4 is 0 Å². The molecule has 0 spiro atoms. The van der Waals surface area contributed by atoms with Gasteiger partial charge in [-0.05, 0) is 85.9 Å². The van der Waals surface area contributed by atoms with Crippen LogP contribution in [0.3, 0.4) is 0 Å². The van der Waals surface area contributed by atoms with E-state index in [-0.39, 0.29) is 17.6 Å². The van der Waals surface area contributed by atoms with Crippen molar-refractivity contribution in [1.29, 1.82) is 5.26 Å². The van der Waals surface area contributed by atoms with Crippen LogP contribution in [0.5, 0.6) is 0 Å². The van der Waals surface area contributed by atoms with E-state index in [1.807, 2.05) is 13.2 Å². The monoisotopic (exact) mass is 343 g/mol. The molecule has 0 amide bonds. The first-order chi connectivity index (χ1) is 11.9. The quantitative estimate of drug-likeness (QED) is 0.715. The first-order valence-electron chi connectivity index (χ1n) is 10.2. The summed E-state index contributed by atoms with van der Waals surface area (Å²) in [6.45, 7) is 4.89. The highest BCUT2D eigenvalue weighted by molar-refractivity contribution is 5.29. The van der Waals surface area contributed by atoms with Crippen LogP contribution in [0.4, 0.5) is 0 Å². The number of hydrogen-bond acceptors (Lipinski definition) is 3. The molecule has 0 radical (unpaired) electrons. The van der Waals surface area contributed by atoms with Gasteiger partial charge in [-0.25, -0.2) is 0 Å². The van der Waals surface area contributed by atoms with Crippen LogP contribution >= 0.6 is 0 Å². The van der Waals surface area contributed by atoms with Gasteiger partial charge in [0.25, 0.3) is 0 Å². The molecule has 3 nitrogen and oxygen atoms in total. The third kappa shape index (κ3) is 2.44. The van der Waals surface area contributed by atoms with E-state index in [1.165, 1.54) is 24.8 Å². The molecule has 0 heterocycles. The van der Waals surface area contributed by atoms with E-state index in [9.17, 15) is 10.4 Å². The van der Waals surface area contributed by atoms with Gasteiger partial charge in [0, 0.05) is 13.2 Å². The molecule has 8 atom stereocenters. The second-order valence-corrected chi connectivity index (χ2v) is 9.74. The van der Waals surface area contributed by atoms with Crippen molar-refractivity contribution in [1.82, 2.24) is 0 Å². The van der Waals surface area contributed by atoms with Gasteiger partial charge in [0.15, 0.2) is 0 Å². The zero-order valence-electron chi connectivity index (χ0n) is 16.0. The molecule has 4 fully saturated rings. The summed E-state index contributed by atoms with van der Waals surface area (Å²) in [5.41, 5.74) is 1.83. The largest absolute Gasteiger partial charge is 0.393 e. The molecular formula is C22H33NO2. The second-order valence-electron chi connectivity index (χ2n) is 9.74. The van der Waals surface area contributed by atoms with Gasteiger partial charge in [0.2, 0.25) is 0 Å². The lowest BCUT2D eigenvalue weighted by molar-refractivity contribution is -0.175. The van der Waals surface area contributed by atoms with Crippen molar-refractivity contribution in [2.24, 2.45) is 34.5 Å². The molecule has 0 bridgehead atoms. The number of aliphatic hydroxyl groups excluding tert-OH is 1. The molecule has 0 aromatic heterocycles. The number of nitrogens with zero attached hydrogens (tertiary/aromatic N) is 1. The van der Waals surface area contributed by atoms with E-state index in [0.29, 0.717) is 29.1 Å². The van der Waals surface area contributed by atoms with Crippen molar-refractivity contribution in [2.75, 3.05) is 7.11 Å². The summed E-state index contributed by atoms with van der Waals surface area (Å²) in [4.78, 5) is 0. The molecule has 1 N–H and O–H groups in total. The Morgan fingerprint density at radius 2 is 2.04 bits per heavy atom. The Morgan fingerprint density at radius 3 is 2.76 bits per heavy atom. The minimum absolute atomic E-state index is 0.0962. The summed E-state index contributed by atoms with van der Waals surface area (Å²) < 4.78 is 6.13. The van der Waals surface area contributed by atoms with Crippen molar-refractivity contribution in [3.05, 3.63) is 11.6 Å². The van der Waals surface area contributed by atoms with Gasteiger partial charge in [-0.3, -0.25) is 0 Å². The lowest BCUT2D eigenvalue weighted by Crippen LogP contribution is -2.58. The highest BCUT2D eigenvalue weighted by Crippen LogP contribution is 2.67. The maximum Gasteiger partial charge on any atom is 0.0911 e. The summed E-state index contributed by atoms with van der Waals surface area (Å²) in [5.74, 6) is 2.68. The highest BCUT2D eigenvalue weighted by Gasteiger charge is 2.62. The van der Waals surface area contributed by atoms with Gasteiger partial charge in [-0.15, -0.1) is 0 Å². The Bertz CT molecular complexity index is 608. The van der Waals surface area contributed by atoms with Crippen LogP contribution < -0.4 is 0 Å². The Balaban J connectivity index is 1.71. The fourth-order valence-corrected chi connectivity index (χ4v) is 7.71. The minimum atomic E-state index is -0.0962. The van der Waals surface area contributed by atoms with Crippen LogP contribution in [0.2, 0.25) is 0 Å². The smallest absolute Gasteiger partial charge is 0.0911 e. The third-order valence-electron chi connectivity index (χ3n) is 8.94. The van der Waals surface area contributed by atoms with E-state index in [2.05, 4.69) is 19.9 Å². The van der Waals surface area contributed by atoms with Crippen LogP contribution in [0, 0.1) is 45.8 Å². The Kier molecular flexibility index (Phi) is 4.28. The predicted octanol–water partition coefficient (Wildman–Crippen LogP) is 4.46. The number of aliphatic hydroxyl groups is 1. The third-order valence-corrected chi connectivity index (χ3v) is 8.94. The summed E-state index contributed by atoms with van der Waals surface area (Å²) in [6, 6.07) is 2.30. The summed E-state index contributed by atoms with van der Waals surface area (Å²) in [5, 5.41) is 19.4. The average molecular weight is 344 g/mol. The van der Waals surface area contributed by atoms with Gasteiger partial charge in [-0.1, -0.05) is 19.4 Å². The number of allylic oxidation sites excluding steroid dienone is 2. The molecule has 0 aliphatic heterocycles. The van der Waals surface area contributed by atoms with Crippen LogP contribution in [0.1, 0.15) is 65.2 Å². The topological polar surface area (TPSA) is 53.2 Å². The summed E-state index contributed by atoms with van der Waals surface area (Å²) in [6.07, 6.45) is 11.0. The Hall–Kier alpha value is -0.850. The molecule has 25 heavy (non-hydrogen) atoms. The van der Waals surface area contributed by atoms with Crippen molar-refractivity contribution in [3.8, 4) is 6.07 Å². The van der Waals surface area contributed by atoms with Crippen LogP contribution in [-0.4, -0.2) is 24.4 Å². The molecule has 4 rings (SSSR count). The molecule has 0 aromatic rings. The van der Waals surface area contributed by atoms with Gasteiger partial charge in [-0.2, -0.15) is 5.26 Å². The molecule has 4 aliphatic carbocycles. The van der Waals surface area contributed by atoms with Gasteiger partial charge < -0.3 is 9.84 Å². The van der Waals surface area contributed by atoms with Crippen molar-refractivity contribution < 1.29 is 9.84 Å². The maximum absolute atomic E-state index is 10.2. The highest BCUT2D eigenvalue weighted by atomic mass is 16.5. The number of nitriles is 1. The number of methoxy groups -OCH3 is 1. The van der Waals surface area contributed by atoms with E-state index >= 15 is 0 Å². The molecule has 4 saturated carbocycles. The average Bonchev–Trinajstić information content (AvgIpc) is 2.91. The lowest BCUT2D eigenvalue weighted by Gasteiger charge is -2.62.